The Hall–Kier alpha value is -3.94. The highest BCUT2D eigenvalue weighted by molar-refractivity contribution is 5.98. The van der Waals surface area contributed by atoms with Crippen LogP contribution in [0.25, 0.3) is 0 Å². The molecule has 32 heavy (non-hydrogen) atoms. The van der Waals surface area contributed by atoms with Gasteiger partial charge in [0.2, 0.25) is 0 Å². The third-order valence-electron chi connectivity index (χ3n) is 4.47. The van der Waals surface area contributed by atoms with Crippen LogP contribution >= 0.6 is 0 Å². The first-order valence-electron chi connectivity index (χ1n) is 9.58. The molecule has 0 atom stereocenters. The molecule has 0 unspecified atom stereocenters. The van der Waals surface area contributed by atoms with Gasteiger partial charge in [0, 0.05) is 0 Å². The zero-order valence-corrected chi connectivity index (χ0v) is 17.0. The number of anilines is 1. The molecule has 0 saturated heterocycles. The average Bonchev–Trinajstić information content (AvgIpc) is 2.78. The van der Waals surface area contributed by atoms with E-state index in [0.29, 0.717) is 16.7 Å². The Balaban J connectivity index is 1.85. The van der Waals surface area contributed by atoms with Crippen LogP contribution in [0.2, 0.25) is 0 Å². The van der Waals surface area contributed by atoms with Crippen LogP contribution in [0.3, 0.4) is 0 Å². The van der Waals surface area contributed by atoms with Gasteiger partial charge in [0.05, 0.1) is 23.0 Å². The molecule has 3 aromatic carbocycles. The Labute approximate surface area is 182 Å². The van der Waals surface area contributed by atoms with Crippen LogP contribution < -0.4 is 5.01 Å². The third kappa shape index (κ3) is 5.81. The molecule has 0 N–H and O–H groups in total. The minimum absolute atomic E-state index is 0.107. The van der Waals surface area contributed by atoms with Gasteiger partial charge in [-0.25, -0.2) is 4.79 Å². The van der Waals surface area contributed by atoms with Crippen molar-refractivity contribution in [2.24, 2.45) is 5.10 Å². The number of aryl methyl sites for hydroxylation is 1. The summed E-state index contributed by atoms with van der Waals surface area (Å²) in [6.45, 7) is 1.02. The Morgan fingerprint density at radius 1 is 0.969 bits per heavy atom. The van der Waals surface area contributed by atoms with Crippen LogP contribution in [0.4, 0.5) is 18.9 Å². The van der Waals surface area contributed by atoms with Crippen LogP contribution in [0, 0.1) is 6.92 Å². The number of benzene rings is 3. The number of nitrogens with zero attached hydrogens (tertiary/aromatic N) is 2. The number of esters is 1. The SMILES string of the molecule is Cc1ccccc1C(=O)OCC(=O)N(/N=C/c1ccccc1)c1cccc(C(F)(F)F)c1. The normalized spacial score (nSPS) is 11.4. The van der Waals surface area contributed by atoms with Crippen molar-refractivity contribution in [2.75, 3.05) is 11.6 Å². The van der Waals surface area contributed by atoms with Gasteiger partial charge < -0.3 is 4.74 Å². The number of hydrogen-bond donors (Lipinski definition) is 0. The maximum absolute atomic E-state index is 13.2. The zero-order chi connectivity index (χ0) is 23.1. The number of carbonyl (C=O) groups excluding carboxylic acids is 2. The van der Waals surface area contributed by atoms with E-state index < -0.39 is 30.2 Å². The van der Waals surface area contributed by atoms with Gasteiger partial charge in [-0.15, -0.1) is 0 Å². The van der Waals surface area contributed by atoms with Crippen molar-refractivity contribution in [1.82, 2.24) is 0 Å². The molecule has 8 heteroatoms. The van der Waals surface area contributed by atoms with Gasteiger partial charge in [-0.1, -0.05) is 54.6 Å². The van der Waals surface area contributed by atoms with Gasteiger partial charge in [-0.3, -0.25) is 4.79 Å². The number of halogens is 3. The second-order valence-corrected chi connectivity index (χ2v) is 6.80. The summed E-state index contributed by atoms with van der Waals surface area (Å²) >= 11 is 0. The summed E-state index contributed by atoms with van der Waals surface area (Å²) in [5.74, 6) is -1.52. The van der Waals surface area contributed by atoms with Crippen molar-refractivity contribution in [1.29, 1.82) is 0 Å². The van der Waals surface area contributed by atoms with Crippen LogP contribution in [-0.2, 0) is 15.7 Å². The largest absolute Gasteiger partial charge is 0.452 e. The van der Waals surface area contributed by atoms with Crippen LogP contribution in [-0.4, -0.2) is 24.7 Å². The lowest BCUT2D eigenvalue weighted by atomic mass is 10.1. The first-order chi connectivity index (χ1) is 15.3. The molecular weight excluding hydrogens is 421 g/mol. The smallest absolute Gasteiger partial charge is 0.416 e. The molecule has 0 heterocycles. The Kier molecular flexibility index (Phi) is 7.04. The number of hydrogen-bond acceptors (Lipinski definition) is 4. The van der Waals surface area contributed by atoms with Crippen molar-refractivity contribution < 1.29 is 27.5 Å². The van der Waals surface area contributed by atoms with Gasteiger partial charge in [-0.2, -0.15) is 23.3 Å². The highest BCUT2D eigenvalue weighted by Gasteiger charge is 2.31. The minimum Gasteiger partial charge on any atom is -0.452 e. The van der Waals surface area contributed by atoms with Crippen molar-refractivity contribution in [3.05, 3.63) is 101 Å². The van der Waals surface area contributed by atoms with E-state index in [1.165, 1.54) is 18.3 Å². The highest BCUT2D eigenvalue weighted by Crippen LogP contribution is 2.31. The molecule has 0 fully saturated rings. The lowest BCUT2D eigenvalue weighted by molar-refractivity contribution is -0.137. The molecule has 0 aromatic heterocycles. The number of hydrazone groups is 1. The molecule has 0 radical (unpaired) electrons. The number of ether oxygens (including phenoxy) is 1. The Bertz CT molecular complexity index is 1130. The molecule has 5 nitrogen and oxygen atoms in total. The molecule has 0 spiro atoms. The maximum atomic E-state index is 13.2. The summed E-state index contributed by atoms with van der Waals surface area (Å²) in [6, 6.07) is 19.6. The quantitative estimate of drug-likeness (QED) is 0.299. The first-order valence-corrected chi connectivity index (χ1v) is 9.58. The molecule has 3 rings (SSSR count). The second-order valence-electron chi connectivity index (χ2n) is 6.80. The summed E-state index contributed by atoms with van der Waals surface area (Å²) in [4.78, 5) is 25.1. The van der Waals surface area contributed by atoms with Crippen LogP contribution in [0.1, 0.15) is 27.0 Å². The third-order valence-corrected chi connectivity index (χ3v) is 4.47. The predicted molar refractivity (Wildman–Crippen MR) is 114 cm³/mol. The van der Waals surface area contributed by atoms with Crippen molar-refractivity contribution in [2.45, 2.75) is 13.1 Å². The molecule has 1 amide bonds. The van der Waals surface area contributed by atoms with Crippen LogP contribution in [0.15, 0.2) is 84.0 Å². The van der Waals surface area contributed by atoms with E-state index in [0.717, 1.165) is 17.1 Å². The van der Waals surface area contributed by atoms with Crippen molar-refractivity contribution in [3.8, 4) is 0 Å². The predicted octanol–water partition coefficient (Wildman–Crippen LogP) is 5.24. The maximum Gasteiger partial charge on any atom is 0.416 e. The van der Waals surface area contributed by atoms with E-state index >= 15 is 0 Å². The monoisotopic (exact) mass is 440 g/mol. The van der Waals surface area contributed by atoms with Crippen molar-refractivity contribution in [3.63, 3.8) is 0 Å². The summed E-state index contributed by atoms with van der Waals surface area (Å²) in [5.41, 5.74) is 0.554. The number of carbonyl (C=O) groups is 2. The van der Waals surface area contributed by atoms with Gasteiger partial charge >= 0.3 is 12.1 Å². The van der Waals surface area contributed by atoms with E-state index in [-0.39, 0.29) is 5.69 Å². The summed E-state index contributed by atoms with van der Waals surface area (Å²) in [6.07, 6.45) is -3.26. The average molecular weight is 440 g/mol. The van der Waals surface area contributed by atoms with Crippen molar-refractivity contribution >= 4 is 23.8 Å². The van der Waals surface area contributed by atoms with E-state index in [4.69, 9.17) is 4.74 Å². The lowest BCUT2D eigenvalue weighted by Gasteiger charge is -2.19. The molecule has 0 aliphatic carbocycles. The van der Waals surface area contributed by atoms with E-state index in [1.54, 1.807) is 61.5 Å². The van der Waals surface area contributed by atoms with Crippen LogP contribution in [0.5, 0.6) is 0 Å². The molecule has 3 aromatic rings. The highest BCUT2D eigenvalue weighted by atomic mass is 19.4. The number of alkyl halides is 3. The molecule has 164 valence electrons. The minimum atomic E-state index is -4.59. The molecule has 0 aliphatic rings. The molecule has 0 aliphatic heterocycles. The Morgan fingerprint density at radius 2 is 1.66 bits per heavy atom. The van der Waals surface area contributed by atoms with E-state index in [1.807, 2.05) is 0 Å². The number of amides is 1. The van der Waals surface area contributed by atoms with Gasteiger partial charge in [0.1, 0.15) is 0 Å². The van der Waals surface area contributed by atoms with Gasteiger partial charge in [0.15, 0.2) is 6.61 Å². The molecule has 0 bridgehead atoms. The summed E-state index contributed by atoms with van der Waals surface area (Å²) in [7, 11) is 0. The van der Waals surface area contributed by atoms with Gasteiger partial charge in [0.25, 0.3) is 5.91 Å². The zero-order valence-electron chi connectivity index (χ0n) is 17.0. The fourth-order valence-corrected chi connectivity index (χ4v) is 2.82. The molecular formula is C24H19F3N2O3. The summed E-state index contributed by atoms with van der Waals surface area (Å²) < 4.78 is 44.6. The lowest BCUT2D eigenvalue weighted by Crippen LogP contribution is -2.31. The first kappa shape index (κ1) is 22.7. The fourth-order valence-electron chi connectivity index (χ4n) is 2.82. The van der Waals surface area contributed by atoms with Gasteiger partial charge in [-0.05, 0) is 42.3 Å². The van der Waals surface area contributed by atoms with E-state index in [9.17, 15) is 22.8 Å². The summed E-state index contributed by atoms with van der Waals surface area (Å²) in [5, 5.41) is 4.84. The topological polar surface area (TPSA) is 59.0 Å². The fraction of sp³-hybridized carbons (Fsp3) is 0.125. The Morgan fingerprint density at radius 3 is 2.34 bits per heavy atom. The number of rotatable bonds is 6. The second kappa shape index (κ2) is 9.91. The molecule has 0 saturated carbocycles. The van der Waals surface area contributed by atoms with E-state index in [2.05, 4.69) is 5.10 Å². The standard InChI is InChI=1S/C24H19F3N2O3/c1-17-8-5-6-13-21(17)23(31)32-16-22(30)29(28-15-18-9-3-2-4-10-18)20-12-7-11-19(14-20)24(25,26)27/h2-15H,16H2,1H3/b28-15+.